The lowest BCUT2D eigenvalue weighted by atomic mass is 9.89. The number of alkyl carbamates (subject to hydrolysis) is 1. The largest absolute Gasteiger partial charge is 0.425 e. The average molecular weight is 440 g/mol. The molecule has 0 spiro atoms. The van der Waals surface area contributed by atoms with Crippen LogP contribution in [-0.2, 0) is 19.1 Å². The molecule has 1 aliphatic rings. The molecule has 2 atom stereocenters. The highest BCUT2D eigenvalue weighted by Crippen LogP contribution is 2.26. The topological polar surface area (TPSA) is 90.9 Å². The van der Waals surface area contributed by atoms with Gasteiger partial charge < -0.3 is 19.5 Å². The van der Waals surface area contributed by atoms with Crippen LogP contribution in [0.3, 0.4) is 0 Å². The molecule has 166 valence electrons. The number of amides is 1. The number of carbonyl (C=O) groups is 3. The Morgan fingerprint density at radius 1 is 1.07 bits per heavy atom. The smallest absolute Gasteiger partial charge is 0.410 e. The van der Waals surface area contributed by atoms with Crippen LogP contribution in [0.15, 0.2) is 24.3 Å². The van der Waals surface area contributed by atoms with E-state index in [0.29, 0.717) is 17.2 Å². The van der Waals surface area contributed by atoms with E-state index in [1.807, 2.05) is 0 Å². The molecule has 2 rings (SSSR count). The van der Waals surface area contributed by atoms with Crippen LogP contribution in [0.2, 0.25) is 5.02 Å². The van der Waals surface area contributed by atoms with E-state index in [4.69, 9.17) is 25.8 Å². The molecular formula is C22H30ClNO6. The second-order valence-corrected chi connectivity index (χ2v) is 8.21. The van der Waals surface area contributed by atoms with E-state index in [1.165, 1.54) is 0 Å². The molecule has 0 saturated heterocycles. The Morgan fingerprint density at radius 2 is 1.70 bits per heavy atom. The predicted octanol–water partition coefficient (Wildman–Crippen LogP) is 4.86. The third-order valence-electron chi connectivity index (χ3n) is 4.96. The fourth-order valence-electron chi connectivity index (χ4n) is 3.14. The fraction of sp³-hybridized carbons (Fsp3) is 0.591. The first-order valence-electron chi connectivity index (χ1n) is 10.4. The summed E-state index contributed by atoms with van der Waals surface area (Å²) in [5.74, 6) is -1.03. The molecule has 7 nitrogen and oxygen atoms in total. The SMILES string of the molecule is CCC(NC(=O)OC(OC(=O)C1CCCCC1)C(C)C)C(=O)Oc1ccc(Cl)cc1. The van der Waals surface area contributed by atoms with Crippen LogP contribution in [0.25, 0.3) is 0 Å². The lowest BCUT2D eigenvalue weighted by molar-refractivity contribution is -0.181. The van der Waals surface area contributed by atoms with E-state index >= 15 is 0 Å². The van der Waals surface area contributed by atoms with Gasteiger partial charge in [-0.25, -0.2) is 9.59 Å². The number of hydrogen-bond donors (Lipinski definition) is 1. The molecule has 0 aromatic heterocycles. The van der Waals surface area contributed by atoms with E-state index in [2.05, 4.69) is 5.32 Å². The van der Waals surface area contributed by atoms with Crippen molar-refractivity contribution in [2.75, 3.05) is 0 Å². The number of hydrogen-bond acceptors (Lipinski definition) is 6. The van der Waals surface area contributed by atoms with Crippen LogP contribution in [0.5, 0.6) is 5.75 Å². The Hall–Kier alpha value is -2.28. The van der Waals surface area contributed by atoms with E-state index in [-0.39, 0.29) is 17.8 Å². The zero-order chi connectivity index (χ0) is 22.1. The summed E-state index contributed by atoms with van der Waals surface area (Å²) in [6.45, 7) is 5.31. The Balaban J connectivity index is 1.89. The van der Waals surface area contributed by atoms with E-state index in [0.717, 1.165) is 32.1 Å². The Morgan fingerprint density at radius 3 is 2.27 bits per heavy atom. The zero-order valence-corrected chi connectivity index (χ0v) is 18.4. The minimum Gasteiger partial charge on any atom is -0.425 e. The van der Waals surface area contributed by atoms with Crippen LogP contribution in [0.1, 0.15) is 59.3 Å². The van der Waals surface area contributed by atoms with Crippen molar-refractivity contribution in [3.05, 3.63) is 29.3 Å². The highest BCUT2D eigenvalue weighted by molar-refractivity contribution is 6.30. The maximum Gasteiger partial charge on any atom is 0.410 e. The van der Waals surface area contributed by atoms with Crippen LogP contribution < -0.4 is 10.1 Å². The van der Waals surface area contributed by atoms with Crippen molar-refractivity contribution in [1.29, 1.82) is 0 Å². The van der Waals surface area contributed by atoms with Gasteiger partial charge in [-0.15, -0.1) is 0 Å². The van der Waals surface area contributed by atoms with Gasteiger partial charge in [0.05, 0.1) is 5.92 Å². The fourth-order valence-corrected chi connectivity index (χ4v) is 3.27. The number of nitrogens with one attached hydrogen (secondary N) is 1. The van der Waals surface area contributed by atoms with E-state index in [1.54, 1.807) is 45.0 Å². The summed E-state index contributed by atoms with van der Waals surface area (Å²) < 4.78 is 16.0. The van der Waals surface area contributed by atoms with Crippen molar-refractivity contribution >= 4 is 29.6 Å². The van der Waals surface area contributed by atoms with Crippen LogP contribution in [0.4, 0.5) is 4.79 Å². The molecule has 8 heteroatoms. The molecule has 2 unspecified atom stereocenters. The van der Waals surface area contributed by atoms with Crippen molar-refractivity contribution in [3.8, 4) is 5.75 Å². The van der Waals surface area contributed by atoms with E-state index in [9.17, 15) is 14.4 Å². The van der Waals surface area contributed by atoms with Gasteiger partial charge in [0.15, 0.2) is 0 Å². The van der Waals surface area contributed by atoms with Gasteiger partial charge in [-0.2, -0.15) is 0 Å². The van der Waals surface area contributed by atoms with Gasteiger partial charge in [-0.1, -0.05) is 51.6 Å². The molecule has 0 bridgehead atoms. The standard InChI is InChI=1S/C22H30ClNO6/c1-4-18(20(26)28-17-12-10-16(23)11-13-17)24-22(27)30-21(14(2)3)29-19(25)15-8-6-5-7-9-15/h10-15,18,21H,4-9H2,1-3H3,(H,24,27). The maximum atomic E-state index is 12.4. The zero-order valence-electron chi connectivity index (χ0n) is 17.7. The van der Waals surface area contributed by atoms with Crippen molar-refractivity contribution in [2.45, 2.75) is 71.6 Å². The molecular weight excluding hydrogens is 410 g/mol. The van der Waals surface area contributed by atoms with Gasteiger partial charge in [-0.05, 0) is 43.5 Å². The number of carbonyl (C=O) groups excluding carboxylic acids is 3. The van der Waals surface area contributed by atoms with Crippen LogP contribution in [-0.4, -0.2) is 30.4 Å². The summed E-state index contributed by atoms with van der Waals surface area (Å²) in [4.78, 5) is 37.1. The molecule has 1 aromatic carbocycles. The minimum atomic E-state index is -1.02. The van der Waals surface area contributed by atoms with Crippen molar-refractivity contribution in [1.82, 2.24) is 5.32 Å². The molecule has 1 saturated carbocycles. The van der Waals surface area contributed by atoms with Crippen LogP contribution in [0, 0.1) is 11.8 Å². The molecule has 1 fully saturated rings. The lowest BCUT2D eigenvalue weighted by Crippen LogP contribution is -2.45. The summed E-state index contributed by atoms with van der Waals surface area (Å²) in [5.41, 5.74) is 0. The Bertz CT molecular complexity index is 715. The number of ether oxygens (including phenoxy) is 3. The number of halogens is 1. The number of benzene rings is 1. The molecule has 30 heavy (non-hydrogen) atoms. The first-order chi connectivity index (χ1) is 14.3. The predicted molar refractivity (Wildman–Crippen MR) is 112 cm³/mol. The van der Waals surface area contributed by atoms with Crippen molar-refractivity contribution < 1.29 is 28.6 Å². The lowest BCUT2D eigenvalue weighted by Gasteiger charge is -2.26. The monoisotopic (exact) mass is 439 g/mol. The van der Waals surface area contributed by atoms with Gasteiger partial charge >= 0.3 is 18.0 Å². The molecule has 1 aliphatic carbocycles. The molecule has 1 aromatic rings. The molecule has 0 radical (unpaired) electrons. The second-order valence-electron chi connectivity index (χ2n) is 7.77. The second kappa shape index (κ2) is 11.8. The quantitative estimate of drug-likeness (QED) is 0.353. The van der Waals surface area contributed by atoms with Gasteiger partial charge in [0.25, 0.3) is 6.29 Å². The van der Waals surface area contributed by atoms with E-state index < -0.39 is 24.4 Å². The molecule has 1 N–H and O–H groups in total. The van der Waals surface area contributed by atoms with Crippen LogP contribution >= 0.6 is 11.6 Å². The molecule has 0 aliphatic heterocycles. The van der Waals surface area contributed by atoms with Gasteiger partial charge in [0, 0.05) is 10.9 Å². The Kier molecular flexibility index (Phi) is 9.43. The first kappa shape index (κ1) is 24.0. The summed E-state index contributed by atoms with van der Waals surface area (Å²) >= 11 is 5.82. The van der Waals surface area contributed by atoms with Gasteiger partial charge in [0.2, 0.25) is 0 Å². The van der Waals surface area contributed by atoms with Gasteiger partial charge in [-0.3, -0.25) is 4.79 Å². The van der Waals surface area contributed by atoms with Gasteiger partial charge in [0.1, 0.15) is 11.8 Å². The molecule has 0 heterocycles. The van der Waals surface area contributed by atoms with Crippen molar-refractivity contribution in [2.24, 2.45) is 11.8 Å². The summed E-state index contributed by atoms with van der Waals surface area (Å²) in [6.07, 6.45) is 3.16. The third-order valence-corrected chi connectivity index (χ3v) is 5.21. The number of esters is 2. The van der Waals surface area contributed by atoms with Crippen molar-refractivity contribution in [3.63, 3.8) is 0 Å². The highest BCUT2D eigenvalue weighted by Gasteiger charge is 2.30. The minimum absolute atomic E-state index is 0.149. The summed E-state index contributed by atoms with van der Waals surface area (Å²) in [7, 11) is 0. The maximum absolute atomic E-state index is 12.4. The molecule has 1 amide bonds. The normalized spacial score (nSPS) is 16.4. The summed E-state index contributed by atoms with van der Waals surface area (Å²) in [5, 5.41) is 3.00. The average Bonchev–Trinajstić information content (AvgIpc) is 2.73. The number of rotatable bonds is 8. The highest BCUT2D eigenvalue weighted by atomic mass is 35.5. The third kappa shape index (κ3) is 7.52. The summed E-state index contributed by atoms with van der Waals surface area (Å²) in [6, 6.07) is 5.41. The Labute approximate surface area is 182 Å². The first-order valence-corrected chi connectivity index (χ1v) is 10.8.